The summed E-state index contributed by atoms with van der Waals surface area (Å²) in [6.07, 6.45) is 0. The largest absolute Gasteiger partial charge is 0.357 e. The molecule has 25 heavy (non-hydrogen) atoms. The fourth-order valence-corrected chi connectivity index (χ4v) is 2.10. The second kappa shape index (κ2) is 10.7. The molecule has 9 heteroatoms. The number of amides is 4. The minimum absolute atomic E-state index is 0.242. The molecule has 0 aromatic carbocycles. The van der Waals surface area contributed by atoms with Crippen LogP contribution in [0.5, 0.6) is 0 Å². The highest BCUT2D eigenvalue weighted by Gasteiger charge is 2.29. The predicted octanol–water partition coefficient (Wildman–Crippen LogP) is -1.56. The average molecular weight is 357 g/mol. The van der Waals surface area contributed by atoms with Crippen molar-refractivity contribution < 1.29 is 19.2 Å². The summed E-state index contributed by atoms with van der Waals surface area (Å²) in [7, 11) is 4.70. The smallest absolute Gasteiger partial charge is 0.245 e. The maximum Gasteiger partial charge on any atom is 0.245 e. The standard InChI is InChI=1S/C16H31N5O4/c1-9(8-17-5)13(22)20-11(3)16(25)21(7)12(4)15(24)19-10(2)14(23)18-6/h9-12,17H,8H2,1-7H3,(H,18,23)(H,19,24)(H,20,22)/t9-,10+,11+,12+/m1/s1. The Morgan fingerprint density at radius 2 is 1.36 bits per heavy atom. The lowest BCUT2D eigenvalue weighted by atomic mass is 10.1. The van der Waals surface area contributed by atoms with Crippen LogP contribution in [0.4, 0.5) is 0 Å². The molecular weight excluding hydrogens is 326 g/mol. The third-order valence-electron chi connectivity index (χ3n) is 3.99. The highest BCUT2D eigenvalue weighted by Crippen LogP contribution is 2.02. The van der Waals surface area contributed by atoms with Gasteiger partial charge in [-0.3, -0.25) is 19.2 Å². The highest BCUT2D eigenvalue weighted by molar-refractivity contribution is 5.93. The number of carbonyl (C=O) groups excluding carboxylic acids is 4. The Labute approximate surface area is 149 Å². The van der Waals surface area contributed by atoms with E-state index in [1.165, 1.54) is 19.0 Å². The molecular formula is C16H31N5O4. The van der Waals surface area contributed by atoms with Crippen LogP contribution in [0, 0.1) is 5.92 Å². The molecule has 0 aliphatic heterocycles. The number of nitrogens with one attached hydrogen (secondary N) is 4. The van der Waals surface area contributed by atoms with Crippen molar-refractivity contribution in [2.45, 2.75) is 45.8 Å². The van der Waals surface area contributed by atoms with Crippen LogP contribution in [0.2, 0.25) is 0 Å². The first-order chi connectivity index (χ1) is 11.6. The van der Waals surface area contributed by atoms with Gasteiger partial charge in [0.1, 0.15) is 18.1 Å². The lowest BCUT2D eigenvalue weighted by Gasteiger charge is -2.28. The Kier molecular flexibility index (Phi) is 9.73. The van der Waals surface area contributed by atoms with Gasteiger partial charge in [0.15, 0.2) is 0 Å². The fraction of sp³-hybridized carbons (Fsp3) is 0.750. The number of rotatable bonds is 9. The molecule has 0 saturated heterocycles. The molecule has 0 aliphatic carbocycles. The van der Waals surface area contributed by atoms with Crippen molar-refractivity contribution in [3.63, 3.8) is 0 Å². The molecule has 0 unspecified atom stereocenters. The zero-order chi connectivity index (χ0) is 19.7. The Balaban J connectivity index is 4.72. The number of hydrogen-bond acceptors (Lipinski definition) is 5. The average Bonchev–Trinajstić information content (AvgIpc) is 2.58. The molecule has 9 nitrogen and oxygen atoms in total. The van der Waals surface area contributed by atoms with Gasteiger partial charge in [0, 0.05) is 26.6 Å². The van der Waals surface area contributed by atoms with E-state index in [0.29, 0.717) is 6.54 Å². The van der Waals surface area contributed by atoms with Crippen molar-refractivity contribution in [1.82, 2.24) is 26.2 Å². The summed E-state index contributed by atoms with van der Waals surface area (Å²) in [6.45, 7) is 6.93. The fourth-order valence-electron chi connectivity index (χ4n) is 2.10. The normalized spacial score (nSPS) is 15.3. The molecule has 4 N–H and O–H groups in total. The third-order valence-corrected chi connectivity index (χ3v) is 3.99. The van der Waals surface area contributed by atoms with Crippen molar-refractivity contribution in [3.05, 3.63) is 0 Å². The molecule has 0 radical (unpaired) electrons. The number of likely N-dealkylation sites (N-methyl/N-ethyl adjacent to an activating group) is 2. The van der Waals surface area contributed by atoms with Crippen LogP contribution in [-0.4, -0.2) is 74.3 Å². The first-order valence-corrected chi connectivity index (χ1v) is 8.30. The van der Waals surface area contributed by atoms with E-state index in [2.05, 4.69) is 21.3 Å². The van der Waals surface area contributed by atoms with E-state index in [1.807, 2.05) is 0 Å². The summed E-state index contributed by atoms with van der Waals surface area (Å²) in [5.41, 5.74) is 0. The third kappa shape index (κ3) is 7.08. The number of carbonyl (C=O) groups is 4. The van der Waals surface area contributed by atoms with Gasteiger partial charge in [0.25, 0.3) is 0 Å². The molecule has 0 aliphatic rings. The van der Waals surface area contributed by atoms with Gasteiger partial charge < -0.3 is 26.2 Å². The minimum Gasteiger partial charge on any atom is -0.357 e. The summed E-state index contributed by atoms with van der Waals surface area (Å²) in [5.74, 6) is -1.68. The summed E-state index contributed by atoms with van der Waals surface area (Å²) >= 11 is 0. The number of hydrogen-bond donors (Lipinski definition) is 4. The van der Waals surface area contributed by atoms with Gasteiger partial charge in [-0.1, -0.05) is 6.92 Å². The zero-order valence-electron chi connectivity index (χ0n) is 16.1. The Hall–Kier alpha value is -2.16. The summed E-state index contributed by atoms with van der Waals surface area (Å²) < 4.78 is 0. The van der Waals surface area contributed by atoms with Gasteiger partial charge in [0.2, 0.25) is 23.6 Å². The summed E-state index contributed by atoms with van der Waals surface area (Å²) in [5, 5.41) is 10.5. The zero-order valence-corrected chi connectivity index (χ0v) is 16.1. The quantitative estimate of drug-likeness (QED) is 0.398. The first kappa shape index (κ1) is 22.8. The van der Waals surface area contributed by atoms with Crippen LogP contribution in [0.15, 0.2) is 0 Å². The van der Waals surface area contributed by atoms with Crippen molar-refractivity contribution in [2.75, 3.05) is 27.7 Å². The van der Waals surface area contributed by atoms with Crippen LogP contribution in [-0.2, 0) is 19.2 Å². The SMILES string of the molecule is CNC[C@@H](C)C(=O)N[C@@H](C)C(=O)N(C)[C@@H](C)C(=O)N[C@@H](C)C(=O)NC. The molecule has 4 atom stereocenters. The van der Waals surface area contributed by atoms with E-state index in [9.17, 15) is 19.2 Å². The highest BCUT2D eigenvalue weighted by atomic mass is 16.2. The van der Waals surface area contributed by atoms with Crippen molar-refractivity contribution in [2.24, 2.45) is 5.92 Å². The molecule has 0 heterocycles. The van der Waals surface area contributed by atoms with E-state index < -0.39 is 24.0 Å². The molecule has 4 amide bonds. The maximum absolute atomic E-state index is 12.4. The molecule has 0 fully saturated rings. The van der Waals surface area contributed by atoms with Gasteiger partial charge >= 0.3 is 0 Å². The van der Waals surface area contributed by atoms with Crippen molar-refractivity contribution in [3.8, 4) is 0 Å². The van der Waals surface area contributed by atoms with E-state index in [4.69, 9.17) is 0 Å². The van der Waals surface area contributed by atoms with Crippen LogP contribution in [0.3, 0.4) is 0 Å². The van der Waals surface area contributed by atoms with E-state index in [0.717, 1.165) is 0 Å². The Morgan fingerprint density at radius 1 is 0.840 bits per heavy atom. The lowest BCUT2D eigenvalue weighted by molar-refractivity contribution is -0.141. The summed E-state index contributed by atoms with van der Waals surface area (Å²) in [4.78, 5) is 49.3. The minimum atomic E-state index is -0.784. The van der Waals surface area contributed by atoms with E-state index >= 15 is 0 Å². The Morgan fingerprint density at radius 3 is 1.84 bits per heavy atom. The second-order valence-corrected chi connectivity index (χ2v) is 6.16. The van der Waals surface area contributed by atoms with Gasteiger partial charge in [-0.25, -0.2) is 0 Å². The van der Waals surface area contributed by atoms with Crippen molar-refractivity contribution in [1.29, 1.82) is 0 Å². The second-order valence-electron chi connectivity index (χ2n) is 6.16. The van der Waals surface area contributed by atoms with Crippen LogP contribution >= 0.6 is 0 Å². The molecule has 0 aromatic rings. The summed E-state index contributed by atoms with van der Waals surface area (Å²) in [6, 6.07) is -2.25. The first-order valence-electron chi connectivity index (χ1n) is 8.30. The van der Waals surface area contributed by atoms with Gasteiger partial charge in [0.05, 0.1) is 0 Å². The molecule has 0 rings (SSSR count). The maximum atomic E-state index is 12.4. The van der Waals surface area contributed by atoms with Gasteiger partial charge in [-0.05, 0) is 27.8 Å². The van der Waals surface area contributed by atoms with Crippen LogP contribution < -0.4 is 21.3 Å². The molecule has 0 saturated carbocycles. The predicted molar refractivity (Wildman–Crippen MR) is 94.6 cm³/mol. The van der Waals surface area contributed by atoms with Crippen molar-refractivity contribution >= 4 is 23.6 Å². The van der Waals surface area contributed by atoms with Crippen LogP contribution in [0.25, 0.3) is 0 Å². The van der Waals surface area contributed by atoms with E-state index in [1.54, 1.807) is 34.7 Å². The molecule has 0 spiro atoms. The lowest BCUT2D eigenvalue weighted by Crippen LogP contribution is -2.55. The molecule has 0 aromatic heterocycles. The van der Waals surface area contributed by atoms with Crippen LogP contribution in [0.1, 0.15) is 27.7 Å². The Bertz CT molecular complexity index is 497. The molecule has 0 bridgehead atoms. The monoisotopic (exact) mass is 357 g/mol. The van der Waals surface area contributed by atoms with E-state index in [-0.39, 0.29) is 23.6 Å². The number of nitrogens with zero attached hydrogens (tertiary/aromatic N) is 1. The molecule has 144 valence electrons. The van der Waals surface area contributed by atoms with Gasteiger partial charge in [-0.15, -0.1) is 0 Å². The topological polar surface area (TPSA) is 120 Å². The van der Waals surface area contributed by atoms with Gasteiger partial charge in [-0.2, -0.15) is 0 Å².